The lowest BCUT2D eigenvalue weighted by Crippen LogP contribution is -2.37. The van der Waals surface area contributed by atoms with Crippen LogP contribution in [0.3, 0.4) is 0 Å². The summed E-state index contributed by atoms with van der Waals surface area (Å²) in [4.78, 5) is 29.3. The molecule has 0 aliphatic rings. The van der Waals surface area contributed by atoms with E-state index in [9.17, 15) is 14.7 Å². The fraction of sp³-hybridized carbons (Fsp3) is 0.250. The SMILES string of the molecule is NC(=O)C(O)CNCc1nc2cc(Cl)ccc2c(=O)[nH]1. The summed E-state index contributed by atoms with van der Waals surface area (Å²) in [6, 6.07) is 4.80. The van der Waals surface area contributed by atoms with Crippen LogP contribution in [0.4, 0.5) is 0 Å². The zero-order valence-corrected chi connectivity index (χ0v) is 11.1. The highest BCUT2D eigenvalue weighted by atomic mass is 35.5. The number of fused-ring (bicyclic) bond motifs is 1. The molecule has 2 rings (SSSR count). The van der Waals surface area contributed by atoms with Crippen molar-refractivity contribution in [3.8, 4) is 0 Å². The number of rotatable bonds is 5. The van der Waals surface area contributed by atoms with Gasteiger partial charge in [-0.3, -0.25) is 9.59 Å². The summed E-state index contributed by atoms with van der Waals surface area (Å²) in [6.07, 6.45) is -1.28. The molecule has 5 N–H and O–H groups in total. The van der Waals surface area contributed by atoms with Crippen molar-refractivity contribution in [2.75, 3.05) is 6.54 Å². The van der Waals surface area contributed by atoms with Gasteiger partial charge >= 0.3 is 0 Å². The summed E-state index contributed by atoms with van der Waals surface area (Å²) < 4.78 is 0. The highest BCUT2D eigenvalue weighted by molar-refractivity contribution is 6.31. The van der Waals surface area contributed by atoms with Crippen molar-refractivity contribution in [3.63, 3.8) is 0 Å². The third-order valence-corrected chi connectivity index (χ3v) is 2.91. The van der Waals surface area contributed by atoms with E-state index in [4.69, 9.17) is 17.3 Å². The molecule has 0 spiro atoms. The molecule has 7 nitrogen and oxygen atoms in total. The smallest absolute Gasteiger partial charge is 0.258 e. The van der Waals surface area contributed by atoms with Gasteiger partial charge in [0.05, 0.1) is 17.4 Å². The lowest BCUT2D eigenvalue weighted by atomic mass is 10.2. The molecule has 1 heterocycles. The van der Waals surface area contributed by atoms with Crippen molar-refractivity contribution in [1.29, 1.82) is 0 Å². The fourth-order valence-electron chi connectivity index (χ4n) is 1.67. The summed E-state index contributed by atoms with van der Waals surface area (Å²) in [5, 5.41) is 12.9. The van der Waals surface area contributed by atoms with Crippen LogP contribution in [0.25, 0.3) is 10.9 Å². The number of hydrogen-bond acceptors (Lipinski definition) is 5. The zero-order chi connectivity index (χ0) is 14.7. The van der Waals surface area contributed by atoms with E-state index in [1.165, 1.54) is 0 Å². The molecule has 1 amide bonds. The second-order valence-electron chi connectivity index (χ2n) is 4.22. The first-order valence-corrected chi connectivity index (χ1v) is 6.21. The number of nitrogens with two attached hydrogens (primary N) is 1. The molecule has 1 aromatic carbocycles. The molecule has 0 aliphatic heterocycles. The molecular formula is C12H13ClN4O3. The number of carbonyl (C=O) groups is 1. The molecule has 8 heteroatoms. The van der Waals surface area contributed by atoms with Crippen LogP contribution in [0, 0.1) is 0 Å². The van der Waals surface area contributed by atoms with Gasteiger partial charge in [0.2, 0.25) is 5.91 Å². The normalized spacial score (nSPS) is 12.5. The number of aromatic nitrogens is 2. The van der Waals surface area contributed by atoms with Crippen LogP contribution in [0.2, 0.25) is 5.02 Å². The third kappa shape index (κ3) is 3.32. The van der Waals surface area contributed by atoms with Gasteiger partial charge < -0.3 is 21.1 Å². The molecule has 2 aromatic rings. The Hall–Kier alpha value is -1.96. The van der Waals surface area contributed by atoms with Gasteiger partial charge in [0.15, 0.2) is 0 Å². The Kier molecular flexibility index (Phi) is 4.33. The van der Waals surface area contributed by atoms with E-state index < -0.39 is 12.0 Å². The summed E-state index contributed by atoms with van der Waals surface area (Å²) in [5.74, 6) is -0.439. The van der Waals surface area contributed by atoms with Crippen LogP contribution in [0.1, 0.15) is 5.82 Å². The van der Waals surface area contributed by atoms with Crippen molar-refractivity contribution >= 4 is 28.4 Å². The van der Waals surface area contributed by atoms with E-state index in [-0.39, 0.29) is 18.6 Å². The Bertz CT molecular complexity index is 701. The minimum atomic E-state index is -1.28. The second kappa shape index (κ2) is 6.00. The topological polar surface area (TPSA) is 121 Å². The van der Waals surface area contributed by atoms with Crippen LogP contribution in [-0.4, -0.2) is 33.6 Å². The number of H-pyrrole nitrogens is 1. The number of aromatic amines is 1. The van der Waals surface area contributed by atoms with Gasteiger partial charge in [-0.25, -0.2) is 4.98 Å². The monoisotopic (exact) mass is 296 g/mol. The van der Waals surface area contributed by atoms with Gasteiger partial charge in [0.1, 0.15) is 11.9 Å². The maximum atomic E-state index is 11.8. The molecule has 0 bridgehead atoms. The average Bonchev–Trinajstić information content (AvgIpc) is 2.37. The van der Waals surface area contributed by atoms with Gasteiger partial charge in [-0.1, -0.05) is 11.6 Å². The third-order valence-electron chi connectivity index (χ3n) is 2.68. The number of primary amides is 1. The first kappa shape index (κ1) is 14.4. The fourth-order valence-corrected chi connectivity index (χ4v) is 1.84. The van der Waals surface area contributed by atoms with Crippen molar-refractivity contribution in [3.05, 3.63) is 39.4 Å². The quantitative estimate of drug-likeness (QED) is 0.593. The summed E-state index contributed by atoms with van der Waals surface area (Å²) in [5.41, 5.74) is 5.11. The van der Waals surface area contributed by atoms with E-state index in [2.05, 4.69) is 15.3 Å². The molecule has 0 aliphatic carbocycles. The molecule has 0 saturated heterocycles. The highest BCUT2D eigenvalue weighted by Gasteiger charge is 2.10. The maximum Gasteiger partial charge on any atom is 0.258 e. The predicted molar refractivity (Wildman–Crippen MR) is 74.3 cm³/mol. The first-order chi connectivity index (χ1) is 9.47. The largest absolute Gasteiger partial charge is 0.382 e. The van der Waals surface area contributed by atoms with Crippen LogP contribution in [0.15, 0.2) is 23.0 Å². The molecular weight excluding hydrogens is 284 g/mol. The highest BCUT2D eigenvalue weighted by Crippen LogP contribution is 2.14. The van der Waals surface area contributed by atoms with Gasteiger partial charge in [0, 0.05) is 11.6 Å². The Labute approximate surface area is 118 Å². The van der Waals surface area contributed by atoms with E-state index >= 15 is 0 Å². The van der Waals surface area contributed by atoms with Gasteiger partial charge in [-0.15, -0.1) is 0 Å². The van der Waals surface area contributed by atoms with Crippen LogP contribution in [-0.2, 0) is 11.3 Å². The molecule has 106 valence electrons. The number of hydrogen-bond donors (Lipinski definition) is 4. The molecule has 1 unspecified atom stereocenters. The predicted octanol–water partition coefficient (Wildman–Crippen LogP) is -0.488. The number of amides is 1. The van der Waals surface area contributed by atoms with Crippen molar-refractivity contribution in [2.24, 2.45) is 5.73 Å². The minimum absolute atomic E-state index is 0.0212. The number of halogens is 1. The Morgan fingerprint density at radius 1 is 1.55 bits per heavy atom. The molecule has 1 atom stereocenters. The number of benzene rings is 1. The van der Waals surface area contributed by atoms with Gasteiger partial charge in [-0.2, -0.15) is 0 Å². The molecule has 0 saturated carbocycles. The van der Waals surface area contributed by atoms with Crippen LogP contribution < -0.4 is 16.6 Å². The molecule has 0 radical (unpaired) electrons. The Morgan fingerprint density at radius 2 is 2.30 bits per heavy atom. The molecule has 0 fully saturated rings. The van der Waals surface area contributed by atoms with E-state index in [1.807, 2.05) is 0 Å². The Morgan fingerprint density at radius 3 is 3.00 bits per heavy atom. The number of aliphatic hydroxyl groups is 1. The lowest BCUT2D eigenvalue weighted by molar-refractivity contribution is -0.125. The summed E-state index contributed by atoms with van der Waals surface area (Å²) in [7, 11) is 0. The lowest BCUT2D eigenvalue weighted by Gasteiger charge is -2.08. The van der Waals surface area contributed by atoms with Crippen molar-refractivity contribution in [2.45, 2.75) is 12.6 Å². The Balaban J connectivity index is 2.15. The molecule has 1 aromatic heterocycles. The second-order valence-corrected chi connectivity index (χ2v) is 4.66. The maximum absolute atomic E-state index is 11.8. The number of aliphatic hydroxyl groups excluding tert-OH is 1. The number of nitrogens with one attached hydrogen (secondary N) is 2. The standard InChI is InChI=1S/C12H13ClN4O3/c13-6-1-2-7-8(3-6)16-10(17-12(7)20)5-15-4-9(18)11(14)19/h1-3,9,15,18H,4-5H2,(H2,14,19)(H,16,17,20). The van der Waals surface area contributed by atoms with E-state index in [0.29, 0.717) is 21.7 Å². The summed E-state index contributed by atoms with van der Waals surface area (Å²) >= 11 is 5.85. The first-order valence-electron chi connectivity index (χ1n) is 5.84. The number of nitrogens with zero attached hydrogens (tertiary/aromatic N) is 1. The average molecular weight is 297 g/mol. The summed E-state index contributed by atoms with van der Waals surface area (Å²) in [6.45, 7) is 0.161. The van der Waals surface area contributed by atoms with Crippen LogP contribution >= 0.6 is 11.6 Å². The van der Waals surface area contributed by atoms with E-state index in [0.717, 1.165) is 0 Å². The van der Waals surface area contributed by atoms with Crippen molar-refractivity contribution in [1.82, 2.24) is 15.3 Å². The minimum Gasteiger partial charge on any atom is -0.382 e. The van der Waals surface area contributed by atoms with Gasteiger partial charge in [0.25, 0.3) is 5.56 Å². The molecule has 20 heavy (non-hydrogen) atoms. The van der Waals surface area contributed by atoms with Crippen molar-refractivity contribution < 1.29 is 9.90 Å². The van der Waals surface area contributed by atoms with Gasteiger partial charge in [-0.05, 0) is 18.2 Å². The van der Waals surface area contributed by atoms with E-state index in [1.54, 1.807) is 18.2 Å². The number of carbonyl (C=O) groups excluding carboxylic acids is 1. The van der Waals surface area contributed by atoms with Crippen LogP contribution in [0.5, 0.6) is 0 Å². The zero-order valence-electron chi connectivity index (χ0n) is 10.4.